The number of pyridine rings is 1. The number of aromatic nitrogens is 1. The molecule has 0 saturated heterocycles. The lowest BCUT2D eigenvalue weighted by atomic mass is 10.2. The predicted molar refractivity (Wildman–Crippen MR) is 73.9 cm³/mol. The Hall–Kier alpha value is -1.95. The minimum absolute atomic E-state index is 0.236. The molecule has 0 saturated carbocycles. The highest BCUT2D eigenvalue weighted by molar-refractivity contribution is 7.07. The van der Waals surface area contributed by atoms with Crippen LogP contribution < -0.4 is 5.32 Å². The Balaban J connectivity index is 2.21. The van der Waals surface area contributed by atoms with Gasteiger partial charge in [-0.2, -0.15) is 11.3 Å². The first kappa shape index (κ1) is 13.5. The number of amides is 1. The molecule has 0 aliphatic carbocycles. The number of rotatable bonds is 4. The lowest BCUT2D eigenvalue weighted by Gasteiger charge is -2.18. The molecule has 0 fully saturated rings. The van der Waals surface area contributed by atoms with Crippen LogP contribution in [0.25, 0.3) is 0 Å². The normalized spacial score (nSPS) is 10.3. The summed E-state index contributed by atoms with van der Waals surface area (Å²) in [5.41, 5.74) is 1.29. The van der Waals surface area contributed by atoms with E-state index >= 15 is 0 Å². The van der Waals surface area contributed by atoms with Gasteiger partial charge >= 0.3 is 0 Å². The second-order valence-corrected chi connectivity index (χ2v) is 4.87. The molecule has 0 spiro atoms. The molecule has 0 unspecified atom stereocenters. The summed E-state index contributed by atoms with van der Waals surface area (Å²) in [5.74, 6) is -0.405. The van der Waals surface area contributed by atoms with Crippen LogP contribution in [0.15, 0.2) is 29.1 Å². The highest BCUT2D eigenvalue weighted by Crippen LogP contribution is 2.17. The van der Waals surface area contributed by atoms with E-state index in [9.17, 15) is 9.18 Å². The summed E-state index contributed by atoms with van der Waals surface area (Å²) in [6, 6.07) is 3.16. The van der Waals surface area contributed by atoms with Crippen LogP contribution in [0.1, 0.15) is 15.9 Å². The van der Waals surface area contributed by atoms with Crippen LogP contribution in [-0.2, 0) is 6.54 Å². The van der Waals surface area contributed by atoms with Crippen LogP contribution in [0.3, 0.4) is 0 Å². The van der Waals surface area contributed by atoms with Gasteiger partial charge in [-0.1, -0.05) is 0 Å². The zero-order valence-corrected chi connectivity index (χ0v) is 11.5. The minimum atomic E-state index is -0.522. The van der Waals surface area contributed by atoms with Crippen molar-refractivity contribution in [1.29, 1.82) is 0 Å². The molecule has 100 valence electrons. The molecule has 1 N–H and O–H groups in total. The molecule has 0 radical (unpaired) electrons. The number of nitrogens with zero attached hydrogens (tertiary/aromatic N) is 2. The van der Waals surface area contributed by atoms with E-state index in [0.29, 0.717) is 12.4 Å². The number of nitrogens with one attached hydrogen (secondary N) is 1. The van der Waals surface area contributed by atoms with Gasteiger partial charge in [0.15, 0.2) is 0 Å². The number of hydrogen-bond acceptors (Lipinski definition) is 4. The Morgan fingerprint density at radius 3 is 3.00 bits per heavy atom. The van der Waals surface area contributed by atoms with Gasteiger partial charge in [-0.25, -0.2) is 9.37 Å². The van der Waals surface area contributed by atoms with Crippen LogP contribution in [-0.4, -0.2) is 29.9 Å². The number of thiophene rings is 1. The third kappa shape index (κ3) is 3.08. The van der Waals surface area contributed by atoms with Crippen molar-refractivity contribution in [1.82, 2.24) is 9.88 Å². The standard InChI is InChI=1S/C13H14FN3OS/c1-15-12-11(5-10(14)6-16-12)13(18)17(2)7-9-3-4-19-8-9/h3-6,8H,7H2,1-2H3,(H,15,16). The van der Waals surface area contributed by atoms with Gasteiger partial charge in [-0.15, -0.1) is 0 Å². The van der Waals surface area contributed by atoms with Crippen LogP contribution in [0.5, 0.6) is 0 Å². The Labute approximate surface area is 114 Å². The largest absolute Gasteiger partial charge is 0.372 e. The summed E-state index contributed by atoms with van der Waals surface area (Å²) < 4.78 is 13.2. The maximum absolute atomic E-state index is 13.2. The average Bonchev–Trinajstić information content (AvgIpc) is 2.90. The Morgan fingerprint density at radius 1 is 1.58 bits per heavy atom. The molecule has 2 heterocycles. The lowest BCUT2D eigenvalue weighted by Crippen LogP contribution is -2.27. The first-order valence-electron chi connectivity index (χ1n) is 5.71. The Bertz CT molecular complexity index is 571. The van der Waals surface area contributed by atoms with Gasteiger partial charge in [-0.05, 0) is 28.5 Å². The molecule has 2 aromatic rings. The van der Waals surface area contributed by atoms with Crippen molar-refractivity contribution in [3.05, 3.63) is 46.0 Å². The van der Waals surface area contributed by atoms with E-state index < -0.39 is 5.82 Å². The maximum atomic E-state index is 13.2. The quantitative estimate of drug-likeness (QED) is 0.935. The molecule has 0 aliphatic rings. The van der Waals surface area contributed by atoms with E-state index in [1.807, 2.05) is 16.8 Å². The second kappa shape index (κ2) is 5.79. The molecule has 4 nitrogen and oxygen atoms in total. The minimum Gasteiger partial charge on any atom is -0.372 e. The fraction of sp³-hybridized carbons (Fsp3) is 0.231. The van der Waals surface area contributed by atoms with E-state index in [4.69, 9.17) is 0 Å². The molecule has 1 amide bonds. The van der Waals surface area contributed by atoms with Crippen molar-refractivity contribution in [2.24, 2.45) is 0 Å². The number of carbonyl (C=O) groups excluding carboxylic acids is 1. The molecule has 2 aromatic heterocycles. The van der Waals surface area contributed by atoms with Gasteiger partial charge in [0.2, 0.25) is 0 Å². The monoisotopic (exact) mass is 279 g/mol. The zero-order chi connectivity index (χ0) is 13.8. The van der Waals surface area contributed by atoms with Crippen LogP contribution in [0.2, 0.25) is 0 Å². The summed E-state index contributed by atoms with van der Waals surface area (Å²) in [4.78, 5) is 17.7. The molecular weight excluding hydrogens is 265 g/mol. The summed E-state index contributed by atoms with van der Waals surface area (Å²) >= 11 is 1.58. The van der Waals surface area contributed by atoms with Crippen LogP contribution in [0.4, 0.5) is 10.2 Å². The first-order chi connectivity index (χ1) is 9.11. The van der Waals surface area contributed by atoms with Gasteiger partial charge in [0, 0.05) is 20.6 Å². The number of anilines is 1. The van der Waals surface area contributed by atoms with Crippen molar-refractivity contribution in [3.63, 3.8) is 0 Å². The first-order valence-corrected chi connectivity index (χ1v) is 6.66. The third-order valence-electron chi connectivity index (χ3n) is 2.67. The lowest BCUT2D eigenvalue weighted by molar-refractivity contribution is 0.0785. The fourth-order valence-corrected chi connectivity index (χ4v) is 2.40. The van der Waals surface area contributed by atoms with Gasteiger partial charge in [0.05, 0.1) is 11.8 Å². The van der Waals surface area contributed by atoms with Crippen molar-refractivity contribution in [3.8, 4) is 0 Å². The number of carbonyl (C=O) groups is 1. The molecular formula is C13H14FN3OS. The molecule has 6 heteroatoms. The molecule has 0 bridgehead atoms. The Morgan fingerprint density at radius 2 is 2.37 bits per heavy atom. The van der Waals surface area contributed by atoms with Crippen LogP contribution >= 0.6 is 11.3 Å². The highest BCUT2D eigenvalue weighted by Gasteiger charge is 2.17. The van der Waals surface area contributed by atoms with Gasteiger partial charge in [0.1, 0.15) is 11.6 Å². The van der Waals surface area contributed by atoms with Gasteiger partial charge in [0.25, 0.3) is 5.91 Å². The maximum Gasteiger partial charge on any atom is 0.257 e. The van der Waals surface area contributed by atoms with Crippen molar-refractivity contribution in [2.75, 3.05) is 19.4 Å². The molecule has 2 rings (SSSR count). The SMILES string of the molecule is CNc1ncc(F)cc1C(=O)N(C)Cc1ccsc1. The fourth-order valence-electron chi connectivity index (χ4n) is 1.74. The molecule has 0 atom stereocenters. The van der Waals surface area contributed by atoms with E-state index in [1.54, 1.807) is 30.3 Å². The molecule has 19 heavy (non-hydrogen) atoms. The number of hydrogen-bond donors (Lipinski definition) is 1. The summed E-state index contributed by atoms with van der Waals surface area (Å²) in [7, 11) is 3.33. The Kier molecular flexibility index (Phi) is 4.11. The second-order valence-electron chi connectivity index (χ2n) is 4.09. The van der Waals surface area contributed by atoms with E-state index in [1.165, 1.54) is 6.07 Å². The average molecular weight is 279 g/mol. The van der Waals surface area contributed by atoms with E-state index in [-0.39, 0.29) is 11.5 Å². The van der Waals surface area contributed by atoms with Gasteiger partial charge in [-0.3, -0.25) is 4.79 Å². The highest BCUT2D eigenvalue weighted by atomic mass is 32.1. The summed E-state index contributed by atoms with van der Waals surface area (Å²) in [6.45, 7) is 0.488. The van der Waals surface area contributed by atoms with Gasteiger partial charge < -0.3 is 10.2 Å². The molecule has 0 aromatic carbocycles. The van der Waals surface area contributed by atoms with Crippen molar-refractivity contribution in [2.45, 2.75) is 6.54 Å². The topological polar surface area (TPSA) is 45.2 Å². The van der Waals surface area contributed by atoms with Crippen molar-refractivity contribution < 1.29 is 9.18 Å². The summed E-state index contributed by atoms with van der Waals surface area (Å²) in [5, 5.41) is 6.73. The molecule has 0 aliphatic heterocycles. The summed E-state index contributed by atoms with van der Waals surface area (Å²) in [6.07, 6.45) is 1.08. The number of halogens is 1. The smallest absolute Gasteiger partial charge is 0.257 e. The van der Waals surface area contributed by atoms with E-state index in [2.05, 4.69) is 10.3 Å². The predicted octanol–water partition coefficient (Wildman–Crippen LogP) is 2.60. The third-order valence-corrected chi connectivity index (χ3v) is 3.40. The van der Waals surface area contributed by atoms with Crippen molar-refractivity contribution >= 4 is 23.1 Å². The zero-order valence-electron chi connectivity index (χ0n) is 10.7. The van der Waals surface area contributed by atoms with Crippen LogP contribution in [0, 0.1) is 5.82 Å². The van der Waals surface area contributed by atoms with E-state index in [0.717, 1.165) is 11.8 Å².